The van der Waals surface area contributed by atoms with Gasteiger partial charge in [0.2, 0.25) is 0 Å². The fourth-order valence-corrected chi connectivity index (χ4v) is 1.10. The molecule has 0 aliphatic heterocycles. The second-order valence-corrected chi connectivity index (χ2v) is 2.80. The molecule has 0 aliphatic carbocycles. The molecule has 15 heavy (non-hydrogen) atoms. The second-order valence-electron chi connectivity index (χ2n) is 2.80. The molecule has 0 aromatic carbocycles. The summed E-state index contributed by atoms with van der Waals surface area (Å²) in [7, 11) is 1.01. The third kappa shape index (κ3) is 2.26. The highest BCUT2D eigenvalue weighted by Crippen LogP contribution is 2.25. The number of nitrogens with zero attached hydrogens (tertiary/aromatic N) is 1. The van der Waals surface area contributed by atoms with Gasteiger partial charge in [0.05, 0.1) is 12.7 Å². The van der Waals surface area contributed by atoms with Crippen LogP contribution >= 0.6 is 0 Å². The van der Waals surface area contributed by atoms with Crippen LogP contribution in [0.4, 0.5) is 13.2 Å². The van der Waals surface area contributed by atoms with E-state index in [0.29, 0.717) is 0 Å². The van der Waals surface area contributed by atoms with Crippen molar-refractivity contribution in [2.24, 2.45) is 0 Å². The summed E-state index contributed by atoms with van der Waals surface area (Å²) in [5.74, 6) is -2.23. The van der Waals surface area contributed by atoms with Crippen LogP contribution in [0.25, 0.3) is 0 Å². The molecule has 0 aliphatic rings. The first kappa shape index (κ1) is 11.5. The fraction of sp³-hybridized carbons (Fsp3) is 0.333. The number of hydrogen-bond donors (Lipinski definition) is 0. The van der Waals surface area contributed by atoms with E-state index in [9.17, 15) is 18.0 Å². The number of methoxy groups -OCH3 is 1. The van der Waals surface area contributed by atoms with Crippen molar-refractivity contribution in [2.75, 3.05) is 7.11 Å². The third-order valence-corrected chi connectivity index (χ3v) is 1.73. The Hall–Kier alpha value is -1.59. The molecule has 1 heterocycles. The maximum Gasteiger partial charge on any atom is 0.357 e. The van der Waals surface area contributed by atoms with Crippen molar-refractivity contribution < 1.29 is 22.7 Å². The monoisotopic (exact) mass is 219 g/mol. The number of carbonyl (C=O) groups is 1. The lowest BCUT2D eigenvalue weighted by molar-refractivity contribution is 0.0579. The Morgan fingerprint density at radius 1 is 1.53 bits per heavy atom. The number of aromatic nitrogens is 1. The normalized spacial score (nSPS) is 10.5. The maximum atomic E-state index is 13.1. The van der Waals surface area contributed by atoms with Crippen LogP contribution in [0.1, 0.15) is 28.2 Å². The van der Waals surface area contributed by atoms with Gasteiger partial charge in [-0.25, -0.2) is 22.9 Å². The molecule has 0 atom stereocenters. The summed E-state index contributed by atoms with van der Waals surface area (Å²) in [6.07, 6.45) is -3.10. The number of rotatable bonds is 2. The van der Waals surface area contributed by atoms with Crippen LogP contribution in [0.2, 0.25) is 0 Å². The Morgan fingerprint density at radius 3 is 2.60 bits per heavy atom. The number of alkyl halides is 2. The van der Waals surface area contributed by atoms with E-state index < -0.39 is 29.5 Å². The summed E-state index contributed by atoms with van der Waals surface area (Å²) in [6.45, 7) is 1.39. The van der Waals surface area contributed by atoms with E-state index in [1.807, 2.05) is 0 Å². The van der Waals surface area contributed by atoms with Crippen LogP contribution in [-0.4, -0.2) is 18.1 Å². The molecule has 0 radical (unpaired) electrons. The standard InChI is InChI=1S/C9H8F3NO2/c1-4-3-5(10)6(8(11)12)7(13-4)9(14)15-2/h3,8H,1-2H3. The predicted octanol–water partition coefficient (Wildman–Crippen LogP) is 2.25. The Morgan fingerprint density at radius 2 is 2.13 bits per heavy atom. The van der Waals surface area contributed by atoms with Gasteiger partial charge in [-0.1, -0.05) is 0 Å². The van der Waals surface area contributed by atoms with Crippen molar-refractivity contribution in [2.45, 2.75) is 13.3 Å². The van der Waals surface area contributed by atoms with Gasteiger partial charge < -0.3 is 4.74 Å². The van der Waals surface area contributed by atoms with E-state index in [4.69, 9.17) is 0 Å². The van der Waals surface area contributed by atoms with Crippen molar-refractivity contribution in [1.29, 1.82) is 0 Å². The zero-order valence-electron chi connectivity index (χ0n) is 8.05. The zero-order valence-corrected chi connectivity index (χ0v) is 8.05. The molecule has 0 bridgehead atoms. The van der Waals surface area contributed by atoms with Crippen LogP contribution in [0.3, 0.4) is 0 Å². The van der Waals surface area contributed by atoms with Gasteiger partial charge in [0, 0.05) is 5.69 Å². The molecule has 82 valence electrons. The lowest BCUT2D eigenvalue weighted by Crippen LogP contribution is -2.12. The summed E-state index contributed by atoms with van der Waals surface area (Å²) in [5, 5.41) is 0. The molecule has 0 N–H and O–H groups in total. The number of hydrogen-bond acceptors (Lipinski definition) is 3. The highest BCUT2D eigenvalue weighted by Gasteiger charge is 2.25. The van der Waals surface area contributed by atoms with Gasteiger partial charge in [-0.2, -0.15) is 0 Å². The van der Waals surface area contributed by atoms with Gasteiger partial charge in [-0.05, 0) is 13.0 Å². The molecule has 0 spiro atoms. The minimum Gasteiger partial charge on any atom is -0.464 e. The molecule has 1 aromatic rings. The smallest absolute Gasteiger partial charge is 0.357 e. The Balaban J connectivity index is 3.40. The number of esters is 1. The summed E-state index contributed by atoms with van der Waals surface area (Å²) >= 11 is 0. The molecule has 0 unspecified atom stereocenters. The van der Waals surface area contributed by atoms with Gasteiger partial charge in [-0.3, -0.25) is 0 Å². The molecule has 0 saturated heterocycles. The minimum atomic E-state index is -3.10. The van der Waals surface area contributed by atoms with Gasteiger partial charge in [-0.15, -0.1) is 0 Å². The SMILES string of the molecule is COC(=O)c1nc(C)cc(F)c1C(F)F. The summed E-state index contributed by atoms with van der Waals surface area (Å²) in [5.41, 5.74) is -1.56. The van der Waals surface area contributed by atoms with Crippen LogP contribution < -0.4 is 0 Å². The first-order chi connectivity index (χ1) is 6.97. The van der Waals surface area contributed by atoms with Crippen molar-refractivity contribution in [3.05, 3.63) is 28.8 Å². The molecule has 6 heteroatoms. The first-order valence-corrected chi connectivity index (χ1v) is 4.01. The Kier molecular flexibility index (Phi) is 3.28. The minimum absolute atomic E-state index is 0.136. The van der Waals surface area contributed by atoms with Crippen LogP contribution in [0, 0.1) is 12.7 Å². The highest BCUT2D eigenvalue weighted by atomic mass is 19.3. The molecule has 0 amide bonds. The van der Waals surface area contributed by atoms with Gasteiger partial charge in [0.25, 0.3) is 6.43 Å². The molecule has 0 saturated carbocycles. The van der Waals surface area contributed by atoms with Crippen LogP contribution in [0.15, 0.2) is 6.07 Å². The van der Waals surface area contributed by atoms with Crippen LogP contribution in [-0.2, 0) is 4.74 Å². The molecule has 0 fully saturated rings. The average molecular weight is 219 g/mol. The second kappa shape index (κ2) is 4.29. The topological polar surface area (TPSA) is 39.2 Å². The summed E-state index contributed by atoms with van der Waals surface area (Å²) in [6, 6.07) is 0.841. The maximum absolute atomic E-state index is 13.1. The molecular formula is C9H8F3NO2. The molecule has 3 nitrogen and oxygen atoms in total. The zero-order chi connectivity index (χ0) is 11.6. The predicted molar refractivity (Wildman–Crippen MR) is 45.2 cm³/mol. The molecular weight excluding hydrogens is 211 g/mol. The van der Waals surface area contributed by atoms with E-state index in [0.717, 1.165) is 13.2 Å². The lowest BCUT2D eigenvalue weighted by Gasteiger charge is -2.08. The van der Waals surface area contributed by atoms with Crippen LogP contribution in [0.5, 0.6) is 0 Å². The highest BCUT2D eigenvalue weighted by molar-refractivity contribution is 5.89. The Bertz CT molecular complexity index is 393. The molecule has 1 rings (SSSR count). The van der Waals surface area contributed by atoms with Gasteiger partial charge >= 0.3 is 5.97 Å². The average Bonchev–Trinajstić information content (AvgIpc) is 2.14. The van der Waals surface area contributed by atoms with Gasteiger partial charge in [0.15, 0.2) is 5.69 Å². The van der Waals surface area contributed by atoms with E-state index in [-0.39, 0.29) is 5.69 Å². The Labute approximate surface area is 83.9 Å². The lowest BCUT2D eigenvalue weighted by atomic mass is 10.1. The van der Waals surface area contributed by atoms with Crippen molar-refractivity contribution >= 4 is 5.97 Å². The van der Waals surface area contributed by atoms with Crippen molar-refractivity contribution in [1.82, 2.24) is 4.98 Å². The summed E-state index contributed by atoms with van der Waals surface area (Å²) < 4.78 is 42.2. The van der Waals surface area contributed by atoms with Gasteiger partial charge in [0.1, 0.15) is 5.82 Å². The first-order valence-electron chi connectivity index (χ1n) is 4.01. The van der Waals surface area contributed by atoms with E-state index in [1.54, 1.807) is 0 Å². The summed E-state index contributed by atoms with van der Waals surface area (Å²) in [4.78, 5) is 14.6. The number of ether oxygens (including phenoxy) is 1. The van der Waals surface area contributed by atoms with E-state index >= 15 is 0 Å². The quantitative estimate of drug-likeness (QED) is 0.716. The number of halogens is 3. The number of pyridine rings is 1. The van der Waals surface area contributed by atoms with Crippen molar-refractivity contribution in [3.63, 3.8) is 0 Å². The van der Waals surface area contributed by atoms with Crippen molar-refractivity contribution in [3.8, 4) is 0 Å². The van der Waals surface area contributed by atoms with E-state index in [2.05, 4.69) is 9.72 Å². The van der Waals surface area contributed by atoms with E-state index in [1.165, 1.54) is 6.92 Å². The third-order valence-electron chi connectivity index (χ3n) is 1.73. The molecule has 1 aromatic heterocycles. The number of carbonyl (C=O) groups excluding carboxylic acids is 1. The largest absolute Gasteiger partial charge is 0.464 e. The fourth-order valence-electron chi connectivity index (χ4n) is 1.10. The number of aryl methyl sites for hydroxylation is 1.